The van der Waals surface area contributed by atoms with E-state index in [2.05, 4.69) is 35.1 Å². The SMILES string of the molecule is C[C@H](N(C)C(=N)c1nccc(N2CCCNCC2)n1)C1(C)CCCc2sc(N)c(C#N)c21. The van der Waals surface area contributed by atoms with E-state index in [1.165, 1.54) is 4.88 Å². The minimum atomic E-state index is -0.276. The molecule has 32 heavy (non-hydrogen) atoms. The van der Waals surface area contributed by atoms with Crippen molar-refractivity contribution < 1.29 is 0 Å². The fourth-order valence-electron chi connectivity index (χ4n) is 5.04. The summed E-state index contributed by atoms with van der Waals surface area (Å²) in [5, 5.41) is 22.7. The molecule has 2 aromatic heterocycles. The van der Waals surface area contributed by atoms with E-state index in [1.807, 2.05) is 18.0 Å². The summed E-state index contributed by atoms with van der Waals surface area (Å²) in [4.78, 5) is 14.6. The van der Waals surface area contributed by atoms with Crippen LogP contribution in [0.2, 0.25) is 0 Å². The van der Waals surface area contributed by atoms with Gasteiger partial charge in [0.25, 0.3) is 0 Å². The largest absolute Gasteiger partial charge is 0.389 e. The van der Waals surface area contributed by atoms with E-state index >= 15 is 0 Å². The molecule has 3 heterocycles. The molecule has 1 aliphatic carbocycles. The summed E-state index contributed by atoms with van der Waals surface area (Å²) in [6, 6.07) is 4.24. The molecular formula is C23H32N8S. The summed E-state index contributed by atoms with van der Waals surface area (Å²) >= 11 is 1.54. The molecule has 2 aliphatic rings. The summed E-state index contributed by atoms with van der Waals surface area (Å²) in [5.74, 6) is 1.59. The Balaban J connectivity index is 1.60. The van der Waals surface area contributed by atoms with Gasteiger partial charge >= 0.3 is 0 Å². The maximum absolute atomic E-state index is 9.77. The Morgan fingerprint density at radius 1 is 1.41 bits per heavy atom. The highest BCUT2D eigenvalue weighted by atomic mass is 32.1. The molecule has 1 fully saturated rings. The molecule has 1 saturated heterocycles. The van der Waals surface area contributed by atoms with Gasteiger partial charge in [-0.2, -0.15) is 5.26 Å². The van der Waals surface area contributed by atoms with Crippen LogP contribution in [0.1, 0.15) is 54.9 Å². The number of amidine groups is 1. The van der Waals surface area contributed by atoms with E-state index in [-0.39, 0.29) is 11.5 Å². The number of rotatable bonds is 4. The Labute approximate surface area is 194 Å². The van der Waals surface area contributed by atoms with Gasteiger partial charge in [0.2, 0.25) is 0 Å². The number of hydrogen-bond donors (Lipinski definition) is 3. The molecule has 1 aliphatic heterocycles. The number of hydrogen-bond acceptors (Lipinski definition) is 8. The molecule has 170 valence electrons. The third-order valence-electron chi connectivity index (χ3n) is 7.16. The number of aromatic nitrogens is 2. The Morgan fingerprint density at radius 3 is 3.00 bits per heavy atom. The average molecular weight is 453 g/mol. The fraction of sp³-hybridized carbons (Fsp3) is 0.565. The molecule has 4 rings (SSSR count). The topological polar surface area (TPSA) is 118 Å². The standard InChI is InChI=1S/C23H32N8S/c1-15(23(2)8-4-6-17-19(23)16(14-24)21(26)32-17)30(3)20(25)22-28-10-7-18(29-22)31-12-5-9-27-11-13-31/h7,10,15,25,27H,4-6,8-9,11-13,26H2,1-3H3/t15-,23?/m0/s1. The lowest BCUT2D eigenvalue weighted by Gasteiger charge is -2.44. The molecule has 0 aromatic carbocycles. The second-order valence-corrected chi connectivity index (χ2v) is 10.1. The molecule has 0 bridgehead atoms. The summed E-state index contributed by atoms with van der Waals surface area (Å²) in [7, 11) is 1.93. The van der Waals surface area contributed by atoms with Crippen LogP contribution in [0.25, 0.3) is 0 Å². The number of thiophene rings is 1. The first-order valence-electron chi connectivity index (χ1n) is 11.3. The molecule has 2 aromatic rings. The smallest absolute Gasteiger partial charge is 0.196 e. The maximum Gasteiger partial charge on any atom is 0.196 e. The number of nitrogens with two attached hydrogens (primary N) is 1. The van der Waals surface area contributed by atoms with Gasteiger partial charge in [-0.05, 0) is 50.8 Å². The van der Waals surface area contributed by atoms with Crippen LogP contribution < -0.4 is 16.0 Å². The van der Waals surface area contributed by atoms with E-state index in [0.29, 0.717) is 22.2 Å². The number of nitrogens with zero attached hydrogens (tertiary/aromatic N) is 5. The van der Waals surface area contributed by atoms with Gasteiger partial charge in [0, 0.05) is 49.2 Å². The summed E-state index contributed by atoms with van der Waals surface area (Å²) < 4.78 is 0. The van der Waals surface area contributed by atoms with E-state index in [0.717, 1.165) is 63.2 Å². The van der Waals surface area contributed by atoms with Crippen LogP contribution in [0.15, 0.2) is 12.3 Å². The van der Waals surface area contributed by atoms with Crippen LogP contribution in [0.5, 0.6) is 0 Å². The van der Waals surface area contributed by atoms with Gasteiger partial charge in [0.15, 0.2) is 11.7 Å². The molecule has 8 nitrogen and oxygen atoms in total. The normalized spacial score (nSPS) is 21.9. The van der Waals surface area contributed by atoms with Crippen molar-refractivity contribution in [3.63, 3.8) is 0 Å². The van der Waals surface area contributed by atoms with Crippen LogP contribution in [-0.2, 0) is 11.8 Å². The van der Waals surface area contributed by atoms with Crippen LogP contribution in [0, 0.1) is 16.7 Å². The van der Waals surface area contributed by atoms with E-state index < -0.39 is 0 Å². The Hall–Kier alpha value is -2.70. The molecule has 4 N–H and O–H groups in total. The first kappa shape index (κ1) is 22.5. The zero-order chi connectivity index (χ0) is 22.9. The summed E-state index contributed by atoms with van der Waals surface area (Å²) in [5.41, 5.74) is 7.61. The summed E-state index contributed by atoms with van der Waals surface area (Å²) in [6.07, 6.45) is 5.78. The van der Waals surface area contributed by atoms with Gasteiger partial charge in [0.05, 0.1) is 5.56 Å². The zero-order valence-corrected chi connectivity index (χ0v) is 19.9. The number of likely N-dealkylation sites (N-methyl/N-ethyl adjacent to an activating group) is 1. The number of nitrogen functional groups attached to an aromatic ring is 1. The monoisotopic (exact) mass is 452 g/mol. The lowest BCUT2D eigenvalue weighted by Crippen LogP contribution is -2.50. The van der Waals surface area contributed by atoms with E-state index in [1.54, 1.807) is 17.5 Å². The number of nitriles is 1. The molecule has 0 saturated carbocycles. The predicted octanol–water partition coefficient (Wildman–Crippen LogP) is 2.73. The molecule has 0 amide bonds. The van der Waals surface area contributed by atoms with Gasteiger partial charge < -0.3 is 20.9 Å². The molecule has 0 spiro atoms. The van der Waals surface area contributed by atoms with Crippen LogP contribution in [-0.4, -0.2) is 60.0 Å². The van der Waals surface area contributed by atoms with Crippen molar-refractivity contribution in [1.82, 2.24) is 20.2 Å². The van der Waals surface area contributed by atoms with Crippen molar-refractivity contribution in [2.75, 3.05) is 43.9 Å². The molecule has 0 radical (unpaired) electrons. The van der Waals surface area contributed by atoms with Gasteiger partial charge in [-0.1, -0.05) is 6.92 Å². The highest BCUT2D eigenvalue weighted by molar-refractivity contribution is 7.16. The van der Waals surface area contributed by atoms with Crippen LogP contribution in [0.3, 0.4) is 0 Å². The van der Waals surface area contributed by atoms with Gasteiger partial charge in [-0.3, -0.25) is 5.41 Å². The lowest BCUT2D eigenvalue weighted by atomic mass is 9.68. The average Bonchev–Trinajstić information content (AvgIpc) is 2.96. The minimum Gasteiger partial charge on any atom is -0.389 e. The predicted molar refractivity (Wildman–Crippen MR) is 130 cm³/mol. The first-order chi connectivity index (χ1) is 15.4. The van der Waals surface area contributed by atoms with Gasteiger partial charge in [0.1, 0.15) is 16.9 Å². The van der Waals surface area contributed by atoms with Crippen molar-refractivity contribution in [1.29, 1.82) is 10.7 Å². The quantitative estimate of drug-likeness (QED) is 0.482. The first-order valence-corrected chi connectivity index (χ1v) is 12.1. The van der Waals surface area contributed by atoms with Crippen LogP contribution in [0.4, 0.5) is 10.8 Å². The van der Waals surface area contributed by atoms with Crippen LogP contribution >= 0.6 is 11.3 Å². The maximum atomic E-state index is 9.77. The molecular weight excluding hydrogens is 420 g/mol. The van der Waals surface area contributed by atoms with E-state index in [9.17, 15) is 5.26 Å². The van der Waals surface area contributed by atoms with Crippen molar-refractivity contribution in [2.24, 2.45) is 0 Å². The summed E-state index contributed by atoms with van der Waals surface area (Å²) in [6.45, 7) is 8.12. The van der Waals surface area contributed by atoms with Gasteiger partial charge in [-0.25, -0.2) is 9.97 Å². The number of anilines is 2. The lowest BCUT2D eigenvalue weighted by molar-refractivity contribution is 0.220. The Morgan fingerprint density at radius 2 is 2.22 bits per heavy atom. The molecule has 2 atom stereocenters. The zero-order valence-electron chi connectivity index (χ0n) is 19.1. The number of aryl methyl sites for hydroxylation is 1. The third kappa shape index (κ3) is 3.93. The van der Waals surface area contributed by atoms with Crippen molar-refractivity contribution in [3.8, 4) is 6.07 Å². The third-order valence-corrected chi connectivity index (χ3v) is 8.24. The fourth-order valence-corrected chi connectivity index (χ4v) is 6.24. The Bertz CT molecular complexity index is 1030. The highest BCUT2D eigenvalue weighted by Crippen LogP contribution is 2.48. The van der Waals surface area contributed by atoms with Crippen molar-refractivity contribution in [3.05, 3.63) is 34.1 Å². The minimum absolute atomic E-state index is 0.0233. The Kier molecular flexibility index (Phi) is 6.35. The second-order valence-electron chi connectivity index (χ2n) is 8.99. The highest BCUT2D eigenvalue weighted by Gasteiger charge is 2.43. The number of nitrogens with one attached hydrogen (secondary N) is 2. The number of fused-ring (bicyclic) bond motifs is 1. The van der Waals surface area contributed by atoms with E-state index in [4.69, 9.17) is 16.1 Å². The molecule has 9 heteroatoms. The van der Waals surface area contributed by atoms with Crippen molar-refractivity contribution >= 4 is 28.0 Å². The van der Waals surface area contributed by atoms with Crippen molar-refractivity contribution in [2.45, 2.75) is 51.0 Å². The van der Waals surface area contributed by atoms with Gasteiger partial charge in [-0.15, -0.1) is 11.3 Å². The second kappa shape index (κ2) is 9.04. The molecule has 1 unspecified atom stereocenters.